The number of nitrogens with zero attached hydrogens (tertiary/aromatic N) is 2. The first kappa shape index (κ1) is 19.7. The van der Waals surface area contributed by atoms with Gasteiger partial charge in [-0.25, -0.2) is 9.59 Å². The minimum Gasteiger partial charge on any atom is -0.478 e. The van der Waals surface area contributed by atoms with Gasteiger partial charge in [0, 0.05) is 24.2 Å². The van der Waals surface area contributed by atoms with Crippen molar-refractivity contribution in [2.45, 2.75) is 51.0 Å². The highest BCUT2D eigenvalue weighted by Crippen LogP contribution is 2.31. The van der Waals surface area contributed by atoms with E-state index in [1.807, 2.05) is 0 Å². The summed E-state index contributed by atoms with van der Waals surface area (Å²) >= 11 is 0. The molecule has 1 fully saturated rings. The Morgan fingerprint density at radius 3 is 2.54 bits per heavy atom. The molecule has 0 radical (unpaired) electrons. The SMILES string of the molecule is O=C(O)c1ccc(CC(=O)C(CC2CCCCC2)n2ccc(=O)[nH]c2=O)nc1. The number of Topliss-reactive ketones (excluding diaryl/α,β-unsaturated/α-hetero) is 1. The van der Waals surface area contributed by atoms with Gasteiger partial charge >= 0.3 is 11.7 Å². The number of aromatic amines is 1. The highest BCUT2D eigenvalue weighted by atomic mass is 16.4. The Kier molecular flexibility index (Phi) is 6.18. The van der Waals surface area contributed by atoms with Crippen LogP contribution in [0.5, 0.6) is 0 Å². The van der Waals surface area contributed by atoms with Gasteiger partial charge in [0.05, 0.1) is 18.0 Å². The zero-order valence-corrected chi connectivity index (χ0v) is 15.5. The molecule has 1 saturated carbocycles. The van der Waals surface area contributed by atoms with E-state index in [9.17, 15) is 19.2 Å². The van der Waals surface area contributed by atoms with Crippen LogP contribution in [0.4, 0.5) is 0 Å². The molecule has 1 unspecified atom stereocenters. The molecule has 1 aliphatic rings. The normalized spacial score (nSPS) is 15.9. The van der Waals surface area contributed by atoms with E-state index >= 15 is 0 Å². The van der Waals surface area contributed by atoms with Crippen molar-refractivity contribution < 1.29 is 14.7 Å². The lowest BCUT2D eigenvalue weighted by atomic mass is 9.83. The summed E-state index contributed by atoms with van der Waals surface area (Å²) in [6.45, 7) is 0. The molecule has 0 bridgehead atoms. The molecule has 28 heavy (non-hydrogen) atoms. The number of ketones is 1. The standard InChI is InChI=1S/C20H23N3O5/c24-17(11-15-7-6-14(12-21-15)19(26)27)16(10-13-4-2-1-3-5-13)23-9-8-18(25)22-20(23)28/h6-9,12-13,16H,1-5,10-11H2,(H,26,27)(H,22,25,28). The van der Waals surface area contributed by atoms with Crippen molar-refractivity contribution in [2.75, 3.05) is 0 Å². The van der Waals surface area contributed by atoms with Gasteiger partial charge in [-0.15, -0.1) is 0 Å². The lowest BCUT2D eigenvalue weighted by molar-refractivity contribution is -0.122. The van der Waals surface area contributed by atoms with Crippen molar-refractivity contribution in [3.05, 3.63) is 62.7 Å². The van der Waals surface area contributed by atoms with Gasteiger partial charge in [0.1, 0.15) is 0 Å². The molecule has 0 aliphatic heterocycles. The Morgan fingerprint density at radius 1 is 1.18 bits per heavy atom. The number of carbonyl (C=O) groups is 2. The van der Waals surface area contributed by atoms with E-state index in [1.54, 1.807) is 0 Å². The third kappa shape index (κ3) is 4.82. The van der Waals surface area contributed by atoms with E-state index in [0.717, 1.165) is 25.7 Å². The summed E-state index contributed by atoms with van der Waals surface area (Å²) < 4.78 is 1.30. The van der Waals surface area contributed by atoms with Gasteiger partial charge in [-0.1, -0.05) is 32.1 Å². The molecule has 8 heteroatoms. The Balaban J connectivity index is 1.84. The molecule has 3 rings (SSSR count). The van der Waals surface area contributed by atoms with Crippen molar-refractivity contribution in [1.29, 1.82) is 0 Å². The topological polar surface area (TPSA) is 122 Å². The van der Waals surface area contributed by atoms with Crippen LogP contribution in [0.1, 0.15) is 60.6 Å². The van der Waals surface area contributed by atoms with Crippen LogP contribution in [-0.2, 0) is 11.2 Å². The molecule has 2 aromatic heterocycles. The van der Waals surface area contributed by atoms with Crippen LogP contribution in [0.3, 0.4) is 0 Å². The van der Waals surface area contributed by atoms with E-state index in [-0.39, 0.29) is 17.8 Å². The highest BCUT2D eigenvalue weighted by molar-refractivity contribution is 5.87. The second kappa shape index (κ2) is 8.77. The molecular weight excluding hydrogens is 362 g/mol. The van der Waals surface area contributed by atoms with Gasteiger partial charge in [0.15, 0.2) is 5.78 Å². The van der Waals surface area contributed by atoms with Crippen LogP contribution in [0.15, 0.2) is 40.2 Å². The van der Waals surface area contributed by atoms with Crippen LogP contribution in [-0.4, -0.2) is 31.4 Å². The summed E-state index contributed by atoms with van der Waals surface area (Å²) in [6.07, 6.45) is 8.57. The zero-order chi connectivity index (χ0) is 20.1. The van der Waals surface area contributed by atoms with Crippen LogP contribution in [0, 0.1) is 5.92 Å². The van der Waals surface area contributed by atoms with Crippen LogP contribution in [0.25, 0.3) is 0 Å². The average molecular weight is 385 g/mol. The van der Waals surface area contributed by atoms with Gasteiger partial charge in [-0.3, -0.25) is 24.1 Å². The Bertz CT molecular complexity index is 955. The van der Waals surface area contributed by atoms with Crippen LogP contribution >= 0.6 is 0 Å². The number of carboxylic acid groups (broad SMARTS) is 1. The molecule has 0 aromatic carbocycles. The molecule has 8 nitrogen and oxygen atoms in total. The second-order valence-corrected chi connectivity index (χ2v) is 7.26. The monoisotopic (exact) mass is 385 g/mol. The van der Waals surface area contributed by atoms with E-state index in [2.05, 4.69) is 9.97 Å². The number of carboxylic acids is 1. The first-order valence-electron chi connectivity index (χ1n) is 9.46. The summed E-state index contributed by atoms with van der Waals surface area (Å²) in [5.41, 5.74) is -0.611. The molecule has 2 aromatic rings. The number of hydrogen-bond acceptors (Lipinski definition) is 5. The lowest BCUT2D eigenvalue weighted by Gasteiger charge is -2.26. The summed E-state index contributed by atoms with van der Waals surface area (Å²) in [5, 5.41) is 8.96. The molecule has 2 N–H and O–H groups in total. The number of aromatic nitrogens is 3. The molecule has 0 saturated heterocycles. The van der Waals surface area contributed by atoms with Crippen LogP contribution in [0.2, 0.25) is 0 Å². The van der Waals surface area contributed by atoms with Crippen LogP contribution < -0.4 is 11.2 Å². The highest BCUT2D eigenvalue weighted by Gasteiger charge is 2.27. The third-order valence-electron chi connectivity index (χ3n) is 5.27. The maximum absolute atomic E-state index is 13.0. The Labute approximate surface area is 161 Å². The molecule has 0 spiro atoms. The van der Waals surface area contributed by atoms with E-state index < -0.39 is 23.3 Å². The van der Waals surface area contributed by atoms with Gasteiger partial charge in [-0.05, 0) is 24.5 Å². The predicted molar refractivity (Wildman–Crippen MR) is 101 cm³/mol. The van der Waals surface area contributed by atoms with Crippen molar-refractivity contribution in [1.82, 2.24) is 14.5 Å². The molecular formula is C20H23N3O5. The number of hydrogen-bond donors (Lipinski definition) is 2. The number of H-pyrrole nitrogens is 1. The summed E-state index contributed by atoms with van der Waals surface area (Å²) in [7, 11) is 0. The molecule has 1 aliphatic carbocycles. The van der Waals surface area contributed by atoms with Gasteiger partial charge in [0.2, 0.25) is 0 Å². The number of rotatable bonds is 7. The minimum absolute atomic E-state index is 0.0111. The summed E-state index contributed by atoms with van der Waals surface area (Å²) in [5.74, 6) is -0.917. The maximum atomic E-state index is 13.0. The number of nitrogens with one attached hydrogen (secondary N) is 1. The third-order valence-corrected chi connectivity index (χ3v) is 5.27. The maximum Gasteiger partial charge on any atom is 0.337 e. The minimum atomic E-state index is -1.08. The fourth-order valence-corrected chi connectivity index (χ4v) is 3.76. The fourth-order valence-electron chi connectivity index (χ4n) is 3.76. The van der Waals surface area contributed by atoms with Crippen molar-refractivity contribution in [3.8, 4) is 0 Å². The van der Waals surface area contributed by atoms with Gasteiger partial charge in [0.25, 0.3) is 5.56 Å². The van der Waals surface area contributed by atoms with E-state index in [1.165, 1.54) is 41.6 Å². The molecule has 2 heterocycles. The quantitative estimate of drug-likeness (QED) is 0.751. The molecule has 148 valence electrons. The Morgan fingerprint density at radius 2 is 1.93 bits per heavy atom. The van der Waals surface area contributed by atoms with Crippen molar-refractivity contribution >= 4 is 11.8 Å². The largest absolute Gasteiger partial charge is 0.478 e. The lowest BCUT2D eigenvalue weighted by Crippen LogP contribution is -2.36. The van der Waals surface area contributed by atoms with E-state index in [0.29, 0.717) is 18.0 Å². The van der Waals surface area contributed by atoms with Crippen molar-refractivity contribution in [3.63, 3.8) is 0 Å². The zero-order valence-electron chi connectivity index (χ0n) is 15.5. The van der Waals surface area contributed by atoms with Crippen molar-refractivity contribution in [2.24, 2.45) is 5.92 Å². The number of aromatic carboxylic acids is 1. The molecule has 0 amide bonds. The first-order valence-corrected chi connectivity index (χ1v) is 9.46. The second-order valence-electron chi connectivity index (χ2n) is 7.26. The van der Waals surface area contributed by atoms with Gasteiger partial charge in [-0.2, -0.15) is 0 Å². The summed E-state index contributed by atoms with van der Waals surface area (Å²) in [6, 6.07) is 3.46. The first-order chi connectivity index (χ1) is 13.4. The Hall–Kier alpha value is -3.03. The smallest absolute Gasteiger partial charge is 0.337 e. The summed E-state index contributed by atoms with van der Waals surface area (Å²) in [4.78, 5) is 53.9. The number of pyridine rings is 1. The average Bonchev–Trinajstić information content (AvgIpc) is 2.68. The number of carbonyl (C=O) groups excluding carboxylic acids is 1. The van der Waals surface area contributed by atoms with Gasteiger partial charge < -0.3 is 5.11 Å². The van der Waals surface area contributed by atoms with E-state index in [4.69, 9.17) is 5.11 Å². The predicted octanol–water partition coefficient (Wildman–Crippen LogP) is 1.95. The molecule has 1 atom stereocenters. The fraction of sp³-hybridized carbons (Fsp3) is 0.450.